The molecule has 0 saturated carbocycles. The lowest BCUT2D eigenvalue weighted by Crippen LogP contribution is -2.13. The monoisotopic (exact) mass is 419 g/mol. The fraction of sp³-hybridized carbons (Fsp3) is 0.280. The van der Waals surface area contributed by atoms with Crippen LogP contribution in [0.4, 0.5) is 5.69 Å². The number of hydrogen-bond acceptors (Lipinski definition) is 3. The topological polar surface area (TPSA) is 59.3 Å². The molecule has 4 aromatic rings. The van der Waals surface area contributed by atoms with Crippen LogP contribution in [0.15, 0.2) is 63.9 Å². The highest BCUT2D eigenvalue weighted by Gasteiger charge is 2.25. The lowest BCUT2D eigenvalue weighted by molar-refractivity contribution is 0.427. The van der Waals surface area contributed by atoms with Crippen LogP contribution in [0.2, 0.25) is 0 Å². The molecule has 0 fully saturated rings. The molecule has 1 atom stereocenters. The molecule has 5 rings (SSSR count). The predicted octanol–water partition coefficient (Wildman–Crippen LogP) is 6.07. The number of benzene rings is 3. The molecule has 5 heteroatoms. The number of fused-ring (bicyclic) bond motifs is 5. The van der Waals surface area contributed by atoms with Crippen LogP contribution in [0.5, 0.6) is 0 Å². The van der Waals surface area contributed by atoms with Crippen molar-refractivity contribution in [2.24, 2.45) is 5.92 Å². The van der Waals surface area contributed by atoms with Crippen LogP contribution in [-0.4, -0.2) is 8.42 Å². The second kappa shape index (κ2) is 7.17. The standard InChI is InChI=1S/C25H25NO3S/c1-3-17-9-11-18(12-10-17)30(27,28)26-23-15-22-20-13-8-16(2)14-24(20)29-25(22)21-7-5-4-6-19(21)23/h4-7,9-12,15-16,26H,3,8,13-14H2,1-2H3. The molecule has 1 aliphatic carbocycles. The quantitative estimate of drug-likeness (QED) is 0.436. The number of furan rings is 1. The summed E-state index contributed by atoms with van der Waals surface area (Å²) in [5, 5.41) is 2.81. The maximum atomic E-state index is 13.1. The number of aryl methyl sites for hydroxylation is 2. The largest absolute Gasteiger partial charge is 0.460 e. The van der Waals surface area contributed by atoms with Gasteiger partial charge in [0.2, 0.25) is 0 Å². The molecule has 0 amide bonds. The van der Waals surface area contributed by atoms with E-state index in [0.717, 1.165) is 58.7 Å². The van der Waals surface area contributed by atoms with E-state index in [1.807, 2.05) is 42.5 Å². The highest BCUT2D eigenvalue weighted by Crippen LogP contribution is 2.40. The predicted molar refractivity (Wildman–Crippen MR) is 122 cm³/mol. The summed E-state index contributed by atoms with van der Waals surface area (Å²) in [7, 11) is -3.69. The fourth-order valence-corrected chi connectivity index (χ4v) is 5.53. The van der Waals surface area contributed by atoms with Gasteiger partial charge in [-0.1, -0.05) is 50.2 Å². The van der Waals surface area contributed by atoms with Gasteiger partial charge in [-0.25, -0.2) is 8.42 Å². The molecule has 3 aromatic carbocycles. The van der Waals surface area contributed by atoms with Gasteiger partial charge in [-0.3, -0.25) is 4.72 Å². The van der Waals surface area contributed by atoms with Gasteiger partial charge in [0, 0.05) is 28.1 Å². The normalized spacial score (nSPS) is 16.7. The van der Waals surface area contributed by atoms with Crippen molar-refractivity contribution in [3.63, 3.8) is 0 Å². The first-order valence-electron chi connectivity index (χ1n) is 10.5. The Morgan fingerprint density at radius 1 is 1.03 bits per heavy atom. The summed E-state index contributed by atoms with van der Waals surface area (Å²) in [6.45, 7) is 4.30. The smallest absolute Gasteiger partial charge is 0.261 e. The minimum atomic E-state index is -3.69. The first-order chi connectivity index (χ1) is 14.5. The van der Waals surface area contributed by atoms with E-state index >= 15 is 0 Å². The zero-order chi connectivity index (χ0) is 20.9. The Labute approximate surface area is 177 Å². The fourth-order valence-electron chi connectivity index (χ4n) is 4.46. The molecular formula is C25H25NO3S. The minimum absolute atomic E-state index is 0.270. The maximum Gasteiger partial charge on any atom is 0.261 e. The van der Waals surface area contributed by atoms with Gasteiger partial charge in [0.05, 0.1) is 10.6 Å². The SMILES string of the molecule is CCc1ccc(S(=O)(=O)Nc2cc3c4c(oc3c3ccccc23)CC(C)CC4)cc1. The summed E-state index contributed by atoms with van der Waals surface area (Å²) in [4.78, 5) is 0.270. The Morgan fingerprint density at radius 2 is 1.77 bits per heavy atom. The molecule has 1 N–H and O–H groups in total. The molecule has 30 heavy (non-hydrogen) atoms. The first kappa shape index (κ1) is 19.2. The second-order valence-corrected chi connectivity index (χ2v) is 9.98. The van der Waals surface area contributed by atoms with Crippen molar-refractivity contribution in [2.75, 3.05) is 4.72 Å². The second-order valence-electron chi connectivity index (χ2n) is 8.30. The molecule has 0 aliphatic heterocycles. The van der Waals surface area contributed by atoms with Crippen LogP contribution in [0.1, 0.15) is 37.2 Å². The van der Waals surface area contributed by atoms with Crippen molar-refractivity contribution in [2.45, 2.75) is 44.4 Å². The third-order valence-electron chi connectivity index (χ3n) is 6.19. The van der Waals surface area contributed by atoms with E-state index in [9.17, 15) is 8.42 Å². The van der Waals surface area contributed by atoms with Crippen molar-refractivity contribution in [3.8, 4) is 0 Å². The molecule has 0 spiro atoms. The molecule has 154 valence electrons. The Balaban J connectivity index is 1.66. The van der Waals surface area contributed by atoms with Crippen molar-refractivity contribution in [1.82, 2.24) is 0 Å². The zero-order valence-corrected chi connectivity index (χ0v) is 18.1. The number of hydrogen-bond donors (Lipinski definition) is 1. The van der Waals surface area contributed by atoms with Crippen LogP contribution >= 0.6 is 0 Å². The zero-order valence-electron chi connectivity index (χ0n) is 17.2. The lowest BCUT2D eigenvalue weighted by Gasteiger charge is -2.16. The van der Waals surface area contributed by atoms with E-state index in [1.54, 1.807) is 12.1 Å². The number of nitrogens with one attached hydrogen (secondary N) is 1. The minimum Gasteiger partial charge on any atom is -0.460 e. The third-order valence-corrected chi connectivity index (χ3v) is 7.57. The molecule has 1 aliphatic rings. The van der Waals surface area contributed by atoms with Gasteiger partial charge in [-0.15, -0.1) is 0 Å². The molecule has 0 radical (unpaired) electrons. The summed E-state index contributed by atoms with van der Waals surface area (Å²) in [6, 6.07) is 16.9. The van der Waals surface area contributed by atoms with Gasteiger partial charge in [-0.2, -0.15) is 0 Å². The molecule has 1 aromatic heterocycles. The Hall–Kier alpha value is -2.79. The maximum absolute atomic E-state index is 13.1. The number of anilines is 1. The van der Waals surface area contributed by atoms with Gasteiger partial charge in [-0.05, 0) is 48.9 Å². The molecular weight excluding hydrogens is 394 g/mol. The molecule has 0 bridgehead atoms. The first-order valence-corrected chi connectivity index (χ1v) is 12.0. The Kier molecular flexibility index (Phi) is 4.58. The van der Waals surface area contributed by atoms with Crippen molar-refractivity contribution >= 4 is 37.5 Å². The van der Waals surface area contributed by atoms with Gasteiger partial charge in [0.25, 0.3) is 10.0 Å². The summed E-state index contributed by atoms with van der Waals surface area (Å²) in [5.74, 6) is 1.65. The molecule has 0 saturated heterocycles. The lowest BCUT2D eigenvalue weighted by atomic mass is 9.88. The van der Waals surface area contributed by atoms with Gasteiger partial charge in [0.1, 0.15) is 11.3 Å². The van der Waals surface area contributed by atoms with Crippen LogP contribution in [0.3, 0.4) is 0 Å². The average Bonchev–Trinajstić information content (AvgIpc) is 3.11. The highest BCUT2D eigenvalue weighted by molar-refractivity contribution is 7.92. The van der Waals surface area contributed by atoms with Crippen LogP contribution < -0.4 is 4.72 Å². The van der Waals surface area contributed by atoms with Crippen LogP contribution in [0.25, 0.3) is 21.7 Å². The summed E-state index contributed by atoms with van der Waals surface area (Å²) in [6.07, 6.45) is 3.90. The van der Waals surface area contributed by atoms with Gasteiger partial charge >= 0.3 is 0 Å². The molecule has 4 nitrogen and oxygen atoms in total. The number of rotatable bonds is 4. The van der Waals surface area contributed by atoms with Crippen LogP contribution in [-0.2, 0) is 29.3 Å². The Bertz CT molecular complexity index is 1350. The number of sulfonamides is 1. The van der Waals surface area contributed by atoms with Crippen molar-refractivity contribution < 1.29 is 12.8 Å². The van der Waals surface area contributed by atoms with E-state index in [2.05, 4.69) is 18.6 Å². The summed E-state index contributed by atoms with van der Waals surface area (Å²) < 4.78 is 35.4. The van der Waals surface area contributed by atoms with E-state index in [4.69, 9.17) is 4.42 Å². The van der Waals surface area contributed by atoms with Crippen molar-refractivity contribution in [1.29, 1.82) is 0 Å². The third kappa shape index (κ3) is 3.18. The molecule has 1 unspecified atom stereocenters. The van der Waals surface area contributed by atoms with E-state index < -0.39 is 10.0 Å². The van der Waals surface area contributed by atoms with Gasteiger partial charge in [0.15, 0.2) is 0 Å². The summed E-state index contributed by atoms with van der Waals surface area (Å²) in [5.41, 5.74) is 3.79. The van der Waals surface area contributed by atoms with E-state index in [0.29, 0.717) is 11.6 Å². The molecule has 1 heterocycles. The summed E-state index contributed by atoms with van der Waals surface area (Å²) >= 11 is 0. The van der Waals surface area contributed by atoms with E-state index in [-0.39, 0.29) is 4.90 Å². The average molecular weight is 420 g/mol. The van der Waals surface area contributed by atoms with E-state index in [1.165, 1.54) is 5.56 Å². The highest BCUT2D eigenvalue weighted by atomic mass is 32.2. The van der Waals surface area contributed by atoms with Crippen LogP contribution in [0, 0.1) is 5.92 Å². The van der Waals surface area contributed by atoms with Crippen molar-refractivity contribution in [3.05, 3.63) is 71.5 Å². The Morgan fingerprint density at radius 3 is 2.50 bits per heavy atom. The van der Waals surface area contributed by atoms with Gasteiger partial charge < -0.3 is 4.42 Å².